The molecule has 0 aliphatic rings. The van der Waals surface area contributed by atoms with Gasteiger partial charge in [-0.2, -0.15) is 0 Å². The molecule has 0 N–H and O–H groups in total. The predicted octanol–water partition coefficient (Wildman–Crippen LogP) is 6.74. The number of carbonyl (C=O) groups is 2. The van der Waals surface area contributed by atoms with E-state index < -0.39 is 11.9 Å². The molecule has 0 aliphatic heterocycles. The van der Waals surface area contributed by atoms with E-state index in [0.29, 0.717) is 57.1 Å². The number of carbonyl (C=O) groups excluding carboxylic acids is 2. The van der Waals surface area contributed by atoms with E-state index in [-0.39, 0.29) is 6.79 Å². The molecule has 0 atom stereocenters. The summed E-state index contributed by atoms with van der Waals surface area (Å²) in [6.45, 7) is 15.2. The first-order valence-electron chi connectivity index (χ1n) is 12.0. The Labute approximate surface area is 218 Å². The molecule has 37 heavy (non-hydrogen) atoms. The second kappa shape index (κ2) is 11.9. The lowest BCUT2D eigenvalue weighted by atomic mass is 9.92. The number of esters is 2. The van der Waals surface area contributed by atoms with Crippen LogP contribution in [0.2, 0.25) is 0 Å². The highest BCUT2D eigenvalue weighted by Crippen LogP contribution is 2.35. The molecule has 6 heteroatoms. The second-order valence-electron chi connectivity index (χ2n) is 9.00. The molecule has 0 aromatic heterocycles. The van der Waals surface area contributed by atoms with Crippen LogP contribution in [0.5, 0.6) is 11.5 Å². The minimum absolute atomic E-state index is 0.138. The number of hydrogen-bond donors (Lipinski definition) is 0. The highest BCUT2D eigenvalue weighted by Gasteiger charge is 2.25. The quantitative estimate of drug-likeness (QED) is 0.183. The van der Waals surface area contributed by atoms with E-state index in [4.69, 9.17) is 18.9 Å². The summed E-state index contributed by atoms with van der Waals surface area (Å²) in [6, 6.07) is 11.7. The number of benzene rings is 3. The first-order chi connectivity index (χ1) is 17.6. The monoisotopic (exact) mass is 502 g/mol. The van der Waals surface area contributed by atoms with Crippen LogP contribution in [0.1, 0.15) is 65.2 Å². The minimum atomic E-state index is -0.496. The van der Waals surface area contributed by atoms with E-state index >= 15 is 0 Å². The fraction of sp³-hybridized carbons (Fsp3) is 0.290. The largest absolute Gasteiger partial charge is 0.489 e. The van der Waals surface area contributed by atoms with Crippen molar-refractivity contribution in [1.82, 2.24) is 0 Å². The van der Waals surface area contributed by atoms with Gasteiger partial charge in [-0.05, 0) is 92.1 Å². The molecule has 3 aromatic carbocycles. The van der Waals surface area contributed by atoms with E-state index in [0.717, 1.165) is 16.7 Å². The number of hydrogen-bond acceptors (Lipinski definition) is 6. The van der Waals surface area contributed by atoms with Crippen molar-refractivity contribution in [2.75, 3.05) is 13.9 Å². The first-order valence-corrected chi connectivity index (χ1v) is 12.0. The van der Waals surface area contributed by atoms with Gasteiger partial charge in [-0.15, -0.1) is 0 Å². The molecule has 194 valence electrons. The molecule has 3 rings (SSSR count). The van der Waals surface area contributed by atoms with Gasteiger partial charge in [-0.25, -0.2) is 9.59 Å². The van der Waals surface area contributed by atoms with Crippen LogP contribution >= 0.6 is 0 Å². The van der Waals surface area contributed by atoms with Gasteiger partial charge in [-0.3, -0.25) is 0 Å². The van der Waals surface area contributed by atoms with E-state index in [1.807, 2.05) is 77.9 Å². The van der Waals surface area contributed by atoms with Crippen molar-refractivity contribution in [2.24, 2.45) is 0 Å². The Balaban J connectivity index is 1.96. The molecule has 0 unspecified atom stereocenters. The average molecular weight is 503 g/mol. The summed E-state index contributed by atoms with van der Waals surface area (Å²) in [5.74, 6) is 0.141. The Morgan fingerprint density at radius 1 is 0.811 bits per heavy atom. The normalized spacial score (nSPS) is 10.7. The molecular weight excluding hydrogens is 468 g/mol. The van der Waals surface area contributed by atoms with Crippen LogP contribution in [0.3, 0.4) is 0 Å². The van der Waals surface area contributed by atoms with Gasteiger partial charge in [0.2, 0.25) is 0 Å². The summed E-state index contributed by atoms with van der Waals surface area (Å²) in [7, 11) is 1.45. The van der Waals surface area contributed by atoms with Crippen molar-refractivity contribution in [3.63, 3.8) is 0 Å². The lowest BCUT2D eigenvalue weighted by Gasteiger charge is -2.21. The highest BCUT2D eigenvalue weighted by molar-refractivity contribution is 5.98. The predicted molar refractivity (Wildman–Crippen MR) is 144 cm³/mol. The van der Waals surface area contributed by atoms with Gasteiger partial charge in [0.25, 0.3) is 0 Å². The maximum atomic E-state index is 13.5. The lowest BCUT2D eigenvalue weighted by Crippen LogP contribution is -2.18. The molecule has 6 nitrogen and oxygen atoms in total. The Morgan fingerprint density at radius 3 is 1.97 bits per heavy atom. The van der Waals surface area contributed by atoms with Gasteiger partial charge < -0.3 is 18.9 Å². The SMILES string of the molecule is C=Cc1cc(OCc2ccccc2)c(C)c(C)c1C(=O)Oc1c(C)c(C)c(C(=O)OCOC)c(C)c1C. The Bertz CT molecular complexity index is 1310. The molecule has 0 saturated heterocycles. The van der Waals surface area contributed by atoms with Crippen molar-refractivity contribution >= 4 is 18.0 Å². The van der Waals surface area contributed by atoms with Crippen LogP contribution in [0, 0.1) is 41.5 Å². The van der Waals surface area contributed by atoms with Crippen LogP contribution < -0.4 is 9.47 Å². The molecule has 3 aromatic rings. The summed E-state index contributed by atoms with van der Waals surface area (Å²) in [4.78, 5) is 26.1. The second-order valence-corrected chi connectivity index (χ2v) is 9.00. The van der Waals surface area contributed by atoms with Crippen LogP contribution in [-0.4, -0.2) is 25.8 Å². The number of methoxy groups -OCH3 is 1. The Morgan fingerprint density at radius 2 is 1.41 bits per heavy atom. The molecular formula is C31H34O6. The van der Waals surface area contributed by atoms with Crippen molar-refractivity contribution in [3.8, 4) is 11.5 Å². The third kappa shape index (κ3) is 5.75. The first kappa shape index (κ1) is 27.7. The maximum Gasteiger partial charge on any atom is 0.344 e. The standard InChI is InChI=1S/C31H34O6/c1-9-25-15-26(35-16-24-13-11-10-12-14-24)18(2)19(3)28(25)31(33)37-29-22(6)20(4)27(21(5)23(29)7)30(32)36-17-34-8/h9-15H,1,16-17H2,2-8H3. The molecule has 0 aliphatic carbocycles. The van der Waals surface area contributed by atoms with Crippen LogP contribution in [0.4, 0.5) is 0 Å². The summed E-state index contributed by atoms with van der Waals surface area (Å²) < 4.78 is 22.1. The van der Waals surface area contributed by atoms with Gasteiger partial charge in [0.05, 0.1) is 11.1 Å². The topological polar surface area (TPSA) is 71.1 Å². The van der Waals surface area contributed by atoms with Gasteiger partial charge in [-0.1, -0.05) is 43.0 Å². The van der Waals surface area contributed by atoms with Crippen molar-refractivity contribution in [2.45, 2.75) is 48.1 Å². The molecule has 0 fully saturated rings. The minimum Gasteiger partial charge on any atom is -0.489 e. The van der Waals surface area contributed by atoms with Crippen molar-refractivity contribution in [1.29, 1.82) is 0 Å². The zero-order chi connectivity index (χ0) is 27.3. The lowest BCUT2D eigenvalue weighted by molar-refractivity contribution is -0.0126. The molecule has 0 saturated carbocycles. The smallest absolute Gasteiger partial charge is 0.344 e. The third-order valence-electron chi connectivity index (χ3n) is 6.81. The summed E-state index contributed by atoms with van der Waals surface area (Å²) in [5, 5.41) is 0. The van der Waals surface area contributed by atoms with E-state index in [1.165, 1.54) is 7.11 Å². The number of ether oxygens (including phenoxy) is 4. The zero-order valence-electron chi connectivity index (χ0n) is 22.6. The summed E-state index contributed by atoms with van der Waals surface area (Å²) in [5.41, 5.74) is 6.93. The van der Waals surface area contributed by atoms with Crippen molar-refractivity contribution < 1.29 is 28.5 Å². The van der Waals surface area contributed by atoms with Crippen molar-refractivity contribution in [3.05, 3.63) is 98.6 Å². The third-order valence-corrected chi connectivity index (χ3v) is 6.81. The molecule has 0 amide bonds. The molecule has 0 heterocycles. The fourth-order valence-electron chi connectivity index (χ4n) is 4.29. The van der Waals surface area contributed by atoms with Crippen LogP contribution in [0.15, 0.2) is 43.0 Å². The van der Waals surface area contributed by atoms with E-state index in [9.17, 15) is 9.59 Å². The van der Waals surface area contributed by atoms with Crippen LogP contribution in [0.25, 0.3) is 6.08 Å². The molecule has 0 bridgehead atoms. The van der Waals surface area contributed by atoms with Gasteiger partial charge in [0.1, 0.15) is 18.1 Å². The van der Waals surface area contributed by atoms with Crippen LogP contribution in [-0.2, 0) is 16.1 Å². The highest BCUT2D eigenvalue weighted by atomic mass is 16.7. The maximum absolute atomic E-state index is 13.5. The Hall–Kier alpha value is -3.90. The number of rotatable bonds is 9. The van der Waals surface area contributed by atoms with E-state index in [2.05, 4.69) is 6.58 Å². The molecule has 0 spiro atoms. The van der Waals surface area contributed by atoms with Gasteiger partial charge in [0.15, 0.2) is 6.79 Å². The van der Waals surface area contributed by atoms with Gasteiger partial charge >= 0.3 is 11.9 Å². The van der Waals surface area contributed by atoms with Gasteiger partial charge in [0, 0.05) is 7.11 Å². The summed E-state index contributed by atoms with van der Waals surface area (Å²) >= 11 is 0. The molecule has 0 radical (unpaired) electrons. The fourth-order valence-corrected chi connectivity index (χ4v) is 4.29. The summed E-state index contributed by atoms with van der Waals surface area (Å²) in [6.07, 6.45) is 1.63. The zero-order valence-corrected chi connectivity index (χ0v) is 22.6. The Kier molecular flexibility index (Phi) is 8.90. The average Bonchev–Trinajstić information content (AvgIpc) is 2.89. The van der Waals surface area contributed by atoms with E-state index in [1.54, 1.807) is 6.08 Å².